The van der Waals surface area contributed by atoms with E-state index in [1.165, 1.54) is 5.69 Å². The largest absolute Gasteiger partial charge is 0.285 e. The molecule has 125 valence electrons. The van der Waals surface area contributed by atoms with E-state index in [0.29, 0.717) is 5.56 Å². The maximum Gasteiger partial charge on any atom is 0.233 e. The van der Waals surface area contributed by atoms with Crippen LogP contribution in [0.25, 0.3) is 33.4 Å². The summed E-state index contributed by atoms with van der Waals surface area (Å²) in [5.41, 5.74) is 6.50. The molecule has 0 aliphatic carbocycles. The second-order valence-electron chi connectivity index (χ2n) is 6.40. The fourth-order valence-electron chi connectivity index (χ4n) is 3.73. The Hall–Kier alpha value is -3.34. The van der Waals surface area contributed by atoms with Gasteiger partial charge in [0.05, 0.1) is 11.2 Å². The van der Waals surface area contributed by atoms with Gasteiger partial charge in [0.1, 0.15) is 5.69 Å². The third-order valence-electron chi connectivity index (χ3n) is 4.88. The summed E-state index contributed by atoms with van der Waals surface area (Å²) in [7, 11) is 0. The second-order valence-corrected chi connectivity index (χ2v) is 6.40. The fourth-order valence-corrected chi connectivity index (χ4v) is 3.73. The first-order valence-electron chi connectivity index (χ1n) is 8.63. The van der Waals surface area contributed by atoms with Crippen LogP contribution in [-0.4, -0.2) is 26.0 Å². The molecule has 26 heavy (non-hydrogen) atoms. The van der Waals surface area contributed by atoms with Gasteiger partial charge < -0.3 is 0 Å². The van der Waals surface area contributed by atoms with E-state index >= 15 is 0 Å². The van der Waals surface area contributed by atoms with Crippen molar-refractivity contribution >= 4 is 17.2 Å². The Morgan fingerprint density at radius 3 is 2.85 bits per heavy atom. The van der Waals surface area contributed by atoms with Crippen LogP contribution < -0.4 is 0 Å². The summed E-state index contributed by atoms with van der Waals surface area (Å²) >= 11 is 0. The normalized spacial score (nSPS) is 13.1. The predicted octanol–water partition coefficient (Wildman–Crippen LogP) is 3.56. The third kappa shape index (κ3) is 2.24. The molecule has 0 spiro atoms. The highest BCUT2D eigenvalue weighted by atomic mass is 16.1. The topological polar surface area (TPSA) is 60.7 Å². The van der Waals surface area contributed by atoms with Crippen molar-refractivity contribution in [2.45, 2.75) is 19.4 Å². The second kappa shape index (κ2) is 5.88. The van der Waals surface area contributed by atoms with E-state index in [2.05, 4.69) is 14.6 Å². The van der Waals surface area contributed by atoms with Crippen LogP contribution in [0.3, 0.4) is 0 Å². The fraction of sp³-hybridized carbons (Fsp3) is 0.143. The van der Waals surface area contributed by atoms with Crippen molar-refractivity contribution < 1.29 is 4.79 Å². The molecular formula is C21H15N4O. The van der Waals surface area contributed by atoms with Gasteiger partial charge in [0.15, 0.2) is 0 Å². The van der Waals surface area contributed by atoms with Crippen LogP contribution in [0.1, 0.15) is 17.7 Å². The SMILES string of the molecule is O=[C]c1ccc2c(-c3c(-c4ccccn4)nn4c3CCC4)ccnc2c1. The number of carbonyl (C=O) groups excluding carboxylic acids is 1. The molecule has 5 heteroatoms. The van der Waals surface area contributed by atoms with Gasteiger partial charge in [0, 0.05) is 41.1 Å². The Labute approximate surface area is 150 Å². The molecule has 0 amide bonds. The number of benzene rings is 1. The van der Waals surface area contributed by atoms with Gasteiger partial charge in [-0.15, -0.1) is 0 Å². The zero-order valence-corrected chi connectivity index (χ0v) is 14.0. The highest BCUT2D eigenvalue weighted by Gasteiger charge is 2.25. The van der Waals surface area contributed by atoms with Gasteiger partial charge in [-0.1, -0.05) is 18.2 Å². The minimum absolute atomic E-state index is 0.507. The van der Waals surface area contributed by atoms with Gasteiger partial charge in [0.25, 0.3) is 0 Å². The van der Waals surface area contributed by atoms with Gasteiger partial charge >= 0.3 is 0 Å². The van der Waals surface area contributed by atoms with E-state index in [9.17, 15) is 4.79 Å². The smallest absolute Gasteiger partial charge is 0.233 e. The number of aryl methyl sites for hydroxylation is 1. The summed E-state index contributed by atoms with van der Waals surface area (Å²) in [5.74, 6) is 0. The number of pyridine rings is 2. The molecule has 0 bridgehead atoms. The highest BCUT2D eigenvalue weighted by Crippen LogP contribution is 2.39. The molecular weight excluding hydrogens is 324 g/mol. The first kappa shape index (κ1) is 15.0. The van der Waals surface area contributed by atoms with Crippen LogP contribution in [0, 0.1) is 0 Å². The first-order valence-corrected chi connectivity index (χ1v) is 8.63. The molecule has 3 aromatic heterocycles. The Kier molecular flexibility index (Phi) is 3.38. The molecule has 5 rings (SSSR count). The van der Waals surface area contributed by atoms with E-state index < -0.39 is 0 Å². The van der Waals surface area contributed by atoms with Crippen LogP contribution in [0.15, 0.2) is 54.9 Å². The van der Waals surface area contributed by atoms with Crippen molar-refractivity contribution in [2.24, 2.45) is 0 Å². The lowest BCUT2D eigenvalue weighted by atomic mass is 9.96. The van der Waals surface area contributed by atoms with Gasteiger partial charge in [-0.3, -0.25) is 19.4 Å². The number of hydrogen-bond acceptors (Lipinski definition) is 4. The van der Waals surface area contributed by atoms with Gasteiger partial charge in [-0.2, -0.15) is 5.10 Å². The molecule has 1 aliphatic rings. The molecule has 0 unspecified atom stereocenters. The molecule has 0 saturated carbocycles. The standard InChI is InChI=1S/C21H15N4O/c26-13-14-6-7-15-16(8-10-23-18(15)12-14)20-19-5-3-11-25(19)24-21(20)17-4-1-2-9-22-17/h1-2,4,6-10,12H,3,5,11H2. The molecule has 1 aromatic carbocycles. The van der Waals surface area contributed by atoms with Gasteiger partial charge in [-0.05, 0) is 42.7 Å². The highest BCUT2D eigenvalue weighted by molar-refractivity contribution is 6.00. The van der Waals surface area contributed by atoms with Gasteiger partial charge in [0.2, 0.25) is 6.29 Å². The van der Waals surface area contributed by atoms with Crippen molar-refractivity contribution in [3.63, 3.8) is 0 Å². The Bertz CT molecular complexity index is 1130. The number of fused-ring (bicyclic) bond motifs is 2. The van der Waals surface area contributed by atoms with Crippen molar-refractivity contribution in [3.8, 4) is 22.5 Å². The lowest BCUT2D eigenvalue weighted by Gasteiger charge is -2.09. The Morgan fingerprint density at radius 1 is 1.04 bits per heavy atom. The number of rotatable bonds is 3. The Morgan fingerprint density at radius 2 is 2.00 bits per heavy atom. The maximum absolute atomic E-state index is 11.0. The van der Waals surface area contributed by atoms with E-state index in [-0.39, 0.29) is 0 Å². The van der Waals surface area contributed by atoms with Crippen molar-refractivity contribution in [1.82, 2.24) is 19.7 Å². The van der Waals surface area contributed by atoms with Gasteiger partial charge in [-0.25, -0.2) is 0 Å². The summed E-state index contributed by atoms with van der Waals surface area (Å²) in [6.45, 7) is 0.933. The van der Waals surface area contributed by atoms with Crippen molar-refractivity contribution in [2.75, 3.05) is 0 Å². The third-order valence-corrected chi connectivity index (χ3v) is 4.88. The van der Waals surface area contributed by atoms with Crippen molar-refractivity contribution in [1.29, 1.82) is 0 Å². The zero-order valence-electron chi connectivity index (χ0n) is 14.0. The summed E-state index contributed by atoms with van der Waals surface area (Å²) in [6.07, 6.45) is 7.61. The minimum atomic E-state index is 0.507. The molecule has 5 nitrogen and oxygen atoms in total. The first-order chi connectivity index (χ1) is 12.8. The summed E-state index contributed by atoms with van der Waals surface area (Å²) < 4.78 is 2.10. The predicted molar refractivity (Wildman–Crippen MR) is 99.3 cm³/mol. The lowest BCUT2D eigenvalue weighted by Crippen LogP contribution is -1.94. The molecule has 4 aromatic rings. The molecule has 4 heterocycles. The summed E-state index contributed by atoms with van der Waals surface area (Å²) in [4.78, 5) is 19.9. The summed E-state index contributed by atoms with van der Waals surface area (Å²) in [5, 5.41) is 5.86. The van der Waals surface area contributed by atoms with Crippen LogP contribution >= 0.6 is 0 Å². The van der Waals surface area contributed by atoms with Crippen LogP contribution in [0.2, 0.25) is 0 Å². The number of aromatic nitrogens is 4. The Balaban J connectivity index is 1.81. The lowest BCUT2D eigenvalue weighted by molar-refractivity contribution is 0.563. The van der Waals surface area contributed by atoms with Crippen molar-refractivity contribution in [3.05, 3.63) is 66.1 Å². The maximum atomic E-state index is 11.0. The van der Waals surface area contributed by atoms with E-state index in [1.807, 2.05) is 36.6 Å². The monoisotopic (exact) mass is 339 g/mol. The zero-order chi connectivity index (χ0) is 17.5. The van der Waals surface area contributed by atoms with Crippen LogP contribution in [0.4, 0.5) is 0 Å². The molecule has 1 radical (unpaired) electrons. The molecule has 1 aliphatic heterocycles. The molecule has 0 N–H and O–H groups in total. The summed E-state index contributed by atoms with van der Waals surface area (Å²) in [6, 6.07) is 13.4. The molecule has 0 fully saturated rings. The molecule has 0 saturated heterocycles. The number of hydrogen-bond donors (Lipinski definition) is 0. The quantitative estimate of drug-likeness (QED) is 0.572. The average Bonchev–Trinajstić information content (AvgIpc) is 3.29. The van der Waals surface area contributed by atoms with E-state index in [1.54, 1.807) is 24.5 Å². The number of nitrogens with zero attached hydrogens (tertiary/aromatic N) is 4. The minimum Gasteiger partial charge on any atom is -0.285 e. The van der Waals surface area contributed by atoms with Crippen LogP contribution in [0.5, 0.6) is 0 Å². The average molecular weight is 339 g/mol. The molecule has 0 atom stereocenters. The van der Waals surface area contributed by atoms with E-state index in [0.717, 1.165) is 52.8 Å². The van der Waals surface area contributed by atoms with E-state index in [4.69, 9.17) is 5.10 Å². The van der Waals surface area contributed by atoms with Crippen LogP contribution in [-0.2, 0) is 17.8 Å².